The van der Waals surface area contributed by atoms with Gasteiger partial charge in [0.1, 0.15) is 6.10 Å². The van der Waals surface area contributed by atoms with Crippen molar-refractivity contribution in [3.63, 3.8) is 0 Å². The van der Waals surface area contributed by atoms with Crippen molar-refractivity contribution < 1.29 is 19.4 Å². The molecule has 0 unspecified atom stereocenters. The van der Waals surface area contributed by atoms with Crippen molar-refractivity contribution in [1.29, 1.82) is 0 Å². The minimum atomic E-state index is -0.359. The van der Waals surface area contributed by atoms with Crippen LogP contribution in [0.15, 0.2) is 73.1 Å². The Morgan fingerprint density at radius 3 is 2.58 bits per heavy atom. The Hall–Kier alpha value is -3.75. The van der Waals surface area contributed by atoms with Crippen molar-refractivity contribution >= 4 is 17.5 Å². The van der Waals surface area contributed by atoms with E-state index in [-0.39, 0.29) is 42.9 Å². The second-order valence-corrected chi connectivity index (χ2v) is 10.1. The van der Waals surface area contributed by atoms with Gasteiger partial charge >= 0.3 is 0 Å². The number of carbonyl (C=O) groups is 2. The number of pyridine rings is 1. The molecule has 8 nitrogen and oxygen atoms in total. The lowest BCUT2D eigenvalue weighted by Crippen LogP contribution is -2.49. The average Bonchev–Trinajstić information content (AvgIpc) is 2.91. The monoisotopic (exact) mass is 516 g/mol. The van der Waals surface area contributed by atoms with Crippen LogP contribution in [0.5, 0.6) is 5.75 Å². The summed E-state index contributed by atoms with van der Waals surface area (Å²) in [7, 11) is 2.03. The first-order valence-electron chi connectivity index (χ1n) is 13.0. The van der Waals surface area contributed by atoms with Gasteiger partial charge in [0.15, 0.2) is 5.75 Å². The lowest BCUT2D eigenvalue weighted by molar-refractivity contribution is -0.115. The molecule has 38 heavy (non-hydrogen) atoms. The highest BCUT2D eigenvalue weighted by molar-refractivity contribution is 6.02. The summed E-state index contributed by atoms with van der Waals surface area (Å²) < 4.78 is 6.59. The first-order valence-corrected chi connectivity index (χ1v) is 13.0. The Morgan fingerprint density at radius 2 is 1.87 bits per heavy atom. The van der Waals surface area contributed by atoms with Crippen molar-refractivity contribution in [3.8, 4) is 5.75 Å². The number of hydrogen-bond acceptors (Lipinski definition) is 6. The molecule has 1 aliphatic heterocycles. The van der Waals surface area contributed by atoms with Crippen LogP contribution < -0.4 is 10.1 Å². The van der Waals surface area contributed by atoms with Crippen molar-refractivity contribution in [2.24, 2.45) is 5.92 Å². The van der Waals surface area contributed by atoms with E-state index < -0.39 is 0 Å². The molecule has 1 aromatic heterocycles. The summed E-state index contributed by atoms with van der Waals surface area (Å²) in [5, 5.41) is 12.9. The van der Waals surface area contributed by atoms with Crippen molar-refractivity contribution in [2.75, 3.05) is 32.1 Å². The van der Waals surface area contributed by atoms with Crippen LogP contribution in [0.25, 0.3) is 0 Å². The number of aromatic nitrogens is 1. The zero-order chi connectivity index (χ0) is 27.1. The summed E-state index contributed by atoms with van der Waals surface area (Å²) in [4.78, 5) is 34.6. The van der Waals surface area contributed by atoms with E-state index in [1.807, 2.05) is 56.4 Å². The number of aliphatic hydroxyl groups is 1. The van der Waals surface area contributed by atoms with E-state index in [4.69, 9.17) is 4.74 Å². The van der Waals surface area contributed by atoms with Crippen LogP contribution in [0.4, 0.5) is 5.69 Å². The minimum absolute atomic E-state index is 0.0333. The molecule has 0 spiro atoms. The molecule has 0 saturated carbocycles. The van der Waals surface area contributed by atoms with E-state index in [9.17, 15) is 14.7 Å². The zero-order valence-electron chi connectivity index (χ0n) is 22.2. The van der Waals surface area contributed by atoms with Gasteiger partial charge in [-0.25, -0.2) is 0 Å². The highest BCUT2D eigenvalue weighted by Crippen LogP contribution is 2.35. The third-order valence-corrected chi connectivity index (χ3v) is 6.87. The summed E-state index contributed by atoms with van der Waals surface area (Å²) in [5.74, 6) is -0.0872. The number of nitrogens with one attached hydrogen (secondary N) is 1. The Bertz CT molecular complexity index is 1220. The summed E-state index contributed by atoms with van der Waals surface area (Å²) in [6.07, 6.45) is 3.49. The molecule has 3 atom stereocenters. The molecule has 4 rings (SSSR count). The maximum Gasteiger partial charge on any atom is 0.258 e. The highest BCUT2D eigenvalue weighted by atomic mass is 16.5. The van der Waals surface area contributed by atoms with Crippen LogP contribution in [-0.2, 0) is 17.8 Å². The number of aliphatic hydroxyl groups excluding tert-OH is 1. The fourth-order valence-corrected chi connectivity index (χ4v) is 4.71. The predicted octanol–water partition coefficient (Wildman–Crippen LogP) is 3.61. The van der Waals surface area contributed by atoms with Crippen molar-refractivity contribution in [3.05, 3.63) is 89.7 Å². The fourth-order valence-electron chi connectivity index (χ4n) is 4.71. The molecule has 0 bridgehead atoms. The van der Waals surface area contributed by atoms with Gasteiger partial charge in [-0.2, -0.15) is 0 Å². The van der Waals surface area contributed by atoms with Crippen LogP contribution in [0.3, 0.4) is 0 Å². The van der Waals surface area contributed by atoms with Crippen LogP contribution in [-0.4, -0.2) is 70.6 Å². The molecule has 8 heteroatoms. The number of benzene rings is 2. The van der Waals surface area contributed by atoms with E-state index in [0.717, 1.165) is 11.1 Å². The number of amides is 2. The maximum absolute atomic E-state index is 13.6. The number of carbonyl (C=O) groups excluding carboxylic acids is 2. The SMILES string of the molecule is C[C@H](CO)N1C[C@H](C)[C@@H](CN(C)Cc2ccncc2)Oc2c(NC(=O)Cc3ccccc3)cccc2C1=O. The van der Waals surface area contributed by atoms with E-state index >= 15 is 0 Å². The number of ether oxygens (including phenoxy) is 1. The first kappa shape index (κ1) is 27.3. The van der Waals surface area contributed by atoms with Gasteiger partial charge in [-0.1, -0.05) is 43.3 Å². The maximum atomic E-state index is 13.6. The average molecular weight is 517 g/mol. The van der Waals surface area contributed by atoms with Crippen molar-refractivity contribution in [1.82, 2.24) is 14.8 Å². The summed E-state index contributed by atoms with van der Waals surface area (Å²) in [6, 6.07) is 18.3. The third-order valence-electron chi connectivity index (χ3n) is 6.87. The van der Waals surface area contributed by atoms with Gasteiger partial charge in [0.05, 0.1) is 30.3 Å². The van der Waals surface area contributed by atoms with E-state index in [1.165, 1.54) is 0 Å². The molecule has 2 amide bonds. The van der Waals surface area contributed by atoms with Gasteiger partial charge in [-0.15, -0.1) is 0 Å². The lowest BCUT2D eigenvalue weighted by Gasteiger charge is -2.38. The topological polar surface area (TPSA) is 95.0 Å². The van der Waals surface area contributed by atoms with Gasteiger partial charge in [0.25, 0.3) is 5.91 Å². The molecule has 200 valence electrons. The summed E-state index contributed by atoms with van der Waals surface area (Å²) in [6.45, 7) is 5.50. The molecular formula is C30H36N4O4. The molecule has 1 aliphatic rings. The van der Waals surface area contributed by atoms with E-state index in [1.54, 1.807) is 35.5 Å². The molecule has 3 aromatic rings. The van der Waals surface area contributed by atoms with Crippen LogP contribution in [0.1, 0.15) is 35.3 Å². The number of likely N-dealkylation sites (N-methyl/N-ethyl adjacent to an activating group) is 1. The quantitative estimate of drug-likeness (QED) is 0.451. The van der Waals surface area contributed by atoms with Gasteiger partial charge in [0.2, 0.25) is 5.91 Å². The number of anilines is 1. The second kappa shape index (κ2) is 12.7. The fraction of sp³-hybridized carbons (Fsp3) is 0.367. The van der Waals surface area contributed by atoms with Gasteiger partial charge in [0, 0.05) is 37.9 Å². The van der Waals surface area contributed by atoms with Gasteiger partial charge in [-0.3, -0.25) is 19.5 Å². The molecule has 2 heterocycles. The second-order valence-electron chi connectivity index (χ2n) is 10.1. The van der Waals surface area contributed by atoms with Gasteiger partial charge in [-0.05, 0) is 49.4 Å². The minimum Gasteiger partial charge on any atom is -0.486 e. The Balaban J connectivity index is 1.63. The summed E-state index contributed by atoms with van der Waals surface area (Å²) in [5.41, 5.74) is 2.87. The Kier molecular flexibility index (Phi) is 9.10. The molecule has 2 N–H and O–H groups in total. The third kappa shape index (κ3) is 6.76. The number of fused-ring (bicyclic) bond motifs is 1. The molecular weight excluding hydrogens is 480 g/mol. The Labute approximate surface area is 224 Å². The highest BCUT2D eigenvalue weighted by Gasteiger charge is 2.34. The smallest absolute Gasteiger partial charge is 0.258 e. The first-order chi connectivity index (χ1) is 18.4. The lowest BCUT2D eigenvalue weighted by atomic mass is 9.98. The van der Waals surface area contributed by atoms with E-state index in [2.05, 4.69) is 22.1 Å². The number of hydrogen-bond donors (Lipinski definition) is 2. The standard InChI is InChI=1S/C30H36N4O4/c1-21-17-34(22(2)20-35)30(37)25-10-7-11-26(32-28(36)16-23-8-5-4-6-9-23)29(25)38-27(21)19-33(3)18-24-12-14-31-15-13-24/h4-15,21-22,27,35H,16-20H2,1-3H3,(H,32,36)/t21-,22+,27+/m0/s1. The summed E-state index contributed by atoms with van der Waals surface area (Å²) >= 11 is 0. The number of para-hydroxylation sites is 1. The Morgan fingerprint density at radius 1 is 1.13 bits per heavy atom. The zero-order valence-corrected chi connectivity index (χ0v) is 22.2. The number of rotatable bonds is 9. The van der Waals surface area contributed by atoms with Crippen LogP contribution in [0.2, 0.25) is 0 Å². The van der Waals surface area contributed by atoms with Gasteiger partial charge < -0.3 is 20.1 Å². The van der Waals surface area contributed by atoms with Crippen LogP contribution in [0, 0.1) is 5.92 Å². The molecule has 2 aromatic carbocycles. The normalized spacial score (nSPS) is 18.2. The largest absolute Gasteiger partial charge is 0.486 e. The predicted molar refractivity (Wildman–Crippen MR) is 147 cm³/mol. The molecule has 0 saturated heterocycles. The molecule has 0 fully saturated rings. The van der Waals surface area contributed by atoms with E-state index in [0.29, 0.717) is 36.6 Å². The number of nitrogens with zero attached hydrogens (tertiary/aromatic N) is 3. The molecule has 0 aliphatic carbocycles. The van der Waals surface area contributed by atoms with Crippen molar-refractivity contribution in [2.45, 2.75) is 39.0 Å². The molecule has 0 radical (unpaired) electrons. The van der Waals surface area contributed by atoms with Crippen LogP contribution >= 0.6 is 0 Å².